The van der Waals surface area contributed by atoms with Crippen molar-refractivity contribution in [2.75, 3.05) is 32.7 Å². The summed E-state index contributed by atoms with van der Waals surface area (Å²) in [5, 5.41) is 0. The molecule has 1 amide bonds. The molecular weight excluding hydrogens is 242 g/mol. The van der Waals surface area contributed by atoms with E-state index in [4.69, 9.17) is 10.5 Å². The third-order valence-electron chi connectivity index (χ3n) is 3.75. The topological polar surface area (TPSA) is 58.8 Å². The van der Waals surface area contributed by atoms with Gasteiger partial charge in [0.2, 0.25) is 5.91 Å². The van der Waals surface area contributed by atoms with E-state index in [1.54, 1.807) is 0 Å². The maximum Gasteiger partial charge on any atom is 0.239 e. The minimum atomic E-state index is -0.250. The fraction of sp³-hybridized carbons (Fsp3) is 0.929. The maximum atomic E-state index is 12.4. The van der Waals surface area contributed by atoms with Gasteiger partial charge < -0.3 is 15.4 Å². The Bertz CT molecular complexity index is 303. The molecule has 2 atom stereocenters. The second-order valence-electron chi connectivity index (χ2n) is 5.85. The first-order chi connectivity index (χ1) is 8.84. The van der Waals surface area contributed by atoms with Gasteiger partial charge in [-0.05, 0) is 34.6 Å². The molecule has 1 aliphatic rings. The van der Waals surface area contributed by atoms with E-state index in [1.165, 1.54) is 0 Å². The van der Waals surface area contributed by atoms with E-state index in [-0.39, 0.29) is 23.7 Å². The molecule has 2 unspecified atom stereocenters. The molecule has 0 aliphatic carbocycles. The highest BCUT2D eigenvalue weighted by atomic mass is 16.5. The summed E-state index contributed by atoms with van der Waals surface area (Å²) in [5.41, 5.74) is 5.48. The summed E-state index contributed by atoms with van der Waals surface area (Å²) < 4.78 is 5.90. The molecule has 1 aliphatic heterocycles. The zero-order valence-corrected chi connectivity index (χ0v) is 13.0. The molecule has 1 rings (SSSR count). The lowest BCUT2D eigenvalue weighted by molar-refractivity contribution is -0.155. The molecule has 1 heterocycles. The van der Waals surface area contributed by atoms with Crippen molar-refractivity contribution in [1.29, 1.82) is 0 Å². The Kier molecular flexibility index (Phi) is 5.77. The quantitative estimate of drug-likeness (QED) is 0.799. The molecule has 112 valence electrons. The van der Waals surface area contributed by atoms with Crippen LogP contribution in [-0.2, 0) is 9.53 Å². The van der Waals surface area contributed by atoms with Gasteiger partial charge in [0, 0.05) is 32.7 Å². The Hall–Kier alpha value is -0.650. The second-order valence-corrected chi connectivity index (χ2v) is 5.85. The van der Waals surface area contributed by atoms with Gasteiger partial charge in [-0.2, -0.15) is 0 Å². The number of likely N-dealkylation sites (N-methyl/N-ethyl adjacent to an activating group) is 1. The molecule has 0 aromatic rings. The van der Waals surface area contributed by atoms with Gasteiger partial charge in [-0.3, -0.25) is 9.69 Å². The lowest BCUT2D eigenvalue weighted by Crippen LogP contribution is -2.60. The molecule has 5 nitrogen and oxygen atoms in total. The van der Waals surface area contributed by atoms with Gasteiger partial charge in [-0.25, -0.2) is 0 Å². The van der Waals surface area contributed by atoms with E-state index in [9.17, 15) is 4.79 Å². The zero-order chi connectivity index (χ0) is 14.6. The Balaban J connectivity index is 2.74. The molecule has 0 aromatic heterocycles. The highest BCUT2D eigenvalue weighted by molar-refractivity contribution is 5.81. The van der Waals surface area contributed by atoms with Crippen molar-refractivity contribution in [3.63, 3.8) is 0 Å². The maximum absolute atomic E-state index is 12.4. The predicted octanol–water partition coefficient (Wildman–Crippen LogP) is 0.681. The van der Waals surface area contributed by atoms with Crippen LogP contribution in [0, 0.1) is 0 Å². The molecule has 5 heteroatoms. The number of amides is 1. The Morgan fingerprint density at radius 1 is 1.47 bits per heavy atom. The summed E-state index contributed by atoms with van der Waals surface area (Å²) in [6.07, 6.45) is 0.00991. The first kappa shape index (κ1) is 16.4. The monoisotopic (exact) mass is 271 g/mol. The average molecular weight is 271 g/mol. The minimum Gasteiger partial charge on any atom is -0.368 e. The fourth-order valence-corrected chi connectivity index (χ4v) is 2.71. The third kappa shape index (κ3) is 4.16. The minimum absolute atomic E-state index is 0.00991. The standard InChI is InChI=1S/C14H29N3O2/c1-6-16(7-2)13(18)11(3)17-9-12(8-15)19-14(4,5)10-17/h11-12H,6-10,15H2,1-5H3. The van der Waals surface area contributed by atoms with Crippen LogP contribution >= 0.6 is 0 Å². The number of nitrogens with zero attached hydrogens (tertiary/aromatic N) is 2. The van der Waals surface area contributed by atoms with Crippen molar-refractivity contribution >= 4 is 5.91 Å². The Morgan fingerprint density at radius 2 is 2.05 bits per heavy atom. The first-order valence-electron chi connectivity index (χ1n) is 7.25. The summed E-state index contributed by atoms with van der Waals surface area (Å²) in [4.78, 5) is 16.5. The van der Waals surface area contributed by atoms with Crippen molar-refractivity contribution < 1.29 is 9.53 Å². The van der Waals surface area contributed by atoms with Crippen LogP contribution in [0.2, 0.25) is 0 Å². The number of carbonyl (C=O) groups is 1. The Labute approximate surface area is 117 Å². The van der Waals surface area contributed by atoms with Gasteiger partial charge in [-0.15, -0.1) is 0 Å². The number of hydrogen-bond acceptors (Lipinski definition) is 4. The Morgan fingerprint density at radius 3 is 2.53 bits per heavy atom. The molecule has 0 saturated carbocycles. The van der Waals surface area contributed by atoms with Crippen molar-refractivity contribution in [3.8, 4) is 0 Å². The zero-order valence-electron chi connectivity index (χ0n) is 13.0. The molecular formula is C14H29N3O2. The van der Waals surface area contributed by atoms with E-state index in [2.05, 4.69) is 18.7 Å². The summed E-state index contributed by atoms with van der Waals surface area (Å²) >= 11 is 0. The summed E-state index contributed by atoms with van der Waals surface area (Å²) in [7, 11) is 0. The first-order valence-corrected chi connectivity index (χ1v) is 7.25. The van der Waals surface area contributed by atoms with Crippen LogP contribution in [0.3, 0.4) is 0 Å². The van der Waals surface area contributed by atoms with Gasteiger partial charge in [0.15, 0.2) is 0 Å². The van der Waals surface area contributed by atoms with Crippen LogP contribution in [0.5, 0.6) is 0 Å². The van der Waals surface area contributed by atoms with Crippen molar-refractivity contribution in [2.45, 2.75) is 52.4 Å². The van der Waals surface area contributed by atoms with Crippen LogP contribution in [-0.4, -0.2) is 66.2 Å². The van der Waals surface area contributed by atoms with Crippen molar-refractivity contribution in [2.24, 2.45) is 5.73 Å². The van der Waals surface area contributed by atoms with E-state index < -0.39 is 0 Å². The molecule has 0 radical (unpaired) electrons. The van der Waals surface area contributed by atoms with Crippen molar-refractivity contribution in [3.05, 3.63) is 0 Å². The van der Waals surface area contributed by atoms with Crippen LogP contribution in [0.25, 0.3) is 0 Å². The average Bonchev–Trinajstić information content (AvgIpc) is 2.37. The molecule has 0 spiro atoms. The van der Waals surface area contributed by atoms with Crippen LogP contribution in [0.4, 0.5) is 0 Å². The largest absolute Gasteiger partial charge is 0.368 e. The number of rotatable bonds is 5. The van der Waals surface area contributed by atoms with Crippen LogP contribution in [0.1, 0.15) is 34.6 Å². The highest BCUT2D eigenvalue weighted by Gasteiger charge is 2.37. The lowest BCUT2D eigenvalue weighted by Gasteiger charge is -2.45. The summed E-state index contributed by atoms with van der Waals surface area (Å²) in [6.45, 7) is 13.6. The smallest absolute Gasteiger partial charge is 0.239 e. The molecule has 2 N–H and O–H groups in total. The third-order valence-corrected chi connectivity index (χ3v) is 3.75. The van der Waals surface area contributed by atoms with Gasteiger partial charge in [0.25, 0.3) is 0 Å². The summed E-state index contributed by atoms with van der Waals surface area (Å²) in [5.74, 6) is 0.193. The lowest BCUT2D eigenvalue weighted by atomic mass is 10.0. The molecule has 0 aromatic carbocycles. The molecule has 0 bridgehead atoms. The fourth-order valence-electron chi connectivity index (χ4n) is 2.71. The number of hydrogen-bond donors (Lipinski definition) is 1. The van der Waals surface area contributed by atoms with Gasteiger partial charge in [0.05, 0.1) is 17.7 Å². The molecule has 1 saturated heterocycles. The normalized spacial score (nSPS) is 25.1. The van der Waals surface area contributed by atoms with E-state index in [0.29, 0.717) is 6.54 Å². The number of ether oxygens (including phenoxy) is 1. The predicted molar refractivity (Wildman–Crippen MR) is 77.0 cm³/mol. The van der Waals surface area contributed by atoms with Gasteiger partial charge in [-0.1, -0.05) is 0 Å². The number of morpholine rings is 1. The summed E-state index contributed by atoms with van der Waals surface area (Å²) in [6, 6.07) is -0.114. The van der Waals surface area contributed by atoms with E-state index in [0.717, 1.165) is 26.2 Å². The van der Waals surface area contributed by atoms with E-state index in [1.807, 2.05) is 25.7 Å². The number of carbonyl (C=O) groups excluding carboxylic acids is 1. The molecule has 19 heavy (non-hydrogen) atoms. The molecule has 1 fully saturated rings. The second kappa shape index (κ2) is 6.68. The van der Waals surface area contributed by atoms with Crippen molar-refractivity contribution in [1.82, 2.24) is 9.80 Å². The SMILES string of the molecule is CCN(CC)C(=O)C(C)N1CC(CN)OC(C)(C)C1. The van der Waals surface area contributed by atoms with Crippen LogP contribution < -0.4 is 5.73 Å². The number of nitrogens with two attached hydrogens (primary N) is 1. The van der Waals surface area contributed by atoms with Gasteiger partial charge in [0.1, 0.15) is 0 Å². The van der Waals surface area contributed by atoms with Gasteiger partial charge >= 0.3 is 0 Å². The van der Waals surface area contributed by atoms with E-state index >= 15 is 0 Å². The highest BCUT2D eigenvalue weighted by Crippen LogP contribution is 2.22. The van der Waals surface area contributed by atoms with Crippen LogP contribution in [0.15, 0.2) is 0 Å².